The molecular weight excluding hydrogens is 208 g/mol. The Hall–Kier alpha value is -1.10. The lowest BCUT2D eigenvalue weighted by atomic mass is 10.0. The van der Waals surface area contributed by atoms with E-state index in [1.807, 2.05) is 20.8 Å². The van der Waals surface area contributed by atoms with Crippen LogP contribution in [-0.2, 0) is 9.53 Å². The van der Waals surface area contributed by atoms with Gasteiger partial charge in [-0.1, -0.05) is 0 Å². The molecule has 5 nitrogen and oxygen atoms in total. The zero-order valence-corrected chi connectivity index (χ0v) is 10.2. The first-order chi connectivity index (χ1) is 7.33. The summed E-state index contributed by atoms with van der Waals surface area (Å²) in [5.41, 5.74) is 5.04. The predicted molar refractivity (Wildman–Crippen MR) is 60.0 cm³/mol. The van der Waals surface area contributed by atoms with Gasteiger partial charge in [-0.05, 0) is 20.8 Å². The molecule has 0 aromatic rings. The van der Waals surface area contributed by atoms with Gasteiger partial charge in [0.2, 0.25) is 0 Å². The Morgan fingerprint density at radius 1 is 1.56 bits per heavy atom. The summed E-state index contributed by atoms with van der Waals surface area (Å²) in [6.45, 7) is 6.16. The highest BCUT2D eigenvalue weighted by molar-refractivity contribution is 5.82. The maximum absolute atomic E-state index is 11.8. The van der Waals surface area contributed by atoms with Crippen LogP contribution in [0.5, 0.6) is 0 Å². The van der Waals surface area contributed by atoms with Crippen molar-refractivity contribution >= 4 is 11.9 Å². The van der Waals surface area contributed by atoms with Gasteiger partial charge in [0.05, 0.1) is 6.04 Å². The van der Waals surface area contributed by atoms with Crippen molar-refractivity contribution < 1.29 is 14.3 Å². The van der Waals surface area contributed by atoms with Crippen LogP contribution in [0.3, 0.4) is 0 Å². The van der Waals surface area contributed by atoms with Gasteiger partial charge >= 0.3 is 6.09 Å². The average molecular weight is 228 g/mol. The average Bonchev–Trinajstić information content (AvgIpc) is 2.14. The van der Waals surface area contributed by atoms with E-state index in [-0.39, 0.29) is 17.9 Å². The minimum Gasteiger partial charge on any atom is -0.444 e. The van der Waals surface area contributed by atoms with Crippen molar-refractivity contribution in [2.75, 3.05) is 13.1 Å². The summed E-state index contributed by atoms with van der Waals surface area (Å²) in [7, 11) is 0. The first-order valence-corrected chi connectivity index (χ1v) is 5.55. The van der Waals surface area contributed by atoms with Crippen LogP contribution in [0, 0.1) is 0 Å². The molecule has 1 unspecified atom stereocenters. The third-order valence-electron chi connectivity index (χ3n) is 2.44. The number of hydrogen-bond donors (Lipinski definition) is 1. The number of amides is 1. The van der Waals surface area contributed by atoms with Crippen molar-refractivity contribution in [1.82, 2.24) is 4.90 Å². The fraction of sp³-hybridized carbons (Fsp3) is 0.818. The predicted octanol–water partition coefficient (Wildman–Crippen LogP) is 0.914. The molecule has 1 aliphatic rings. The first kappa shape index (κ1) is 13.0. The molecule has 0 aromatic carbocycles. The van der Waals surface area contributed by atoms with Crippen LogP contribution in [0.25, 0.3) is 0 Å². The molecule has 2 N–H and O–H groups in total. The molecule has 0 aliphatic carbocycles. The van der Waals surface area contributed by atoms with Crippen LogP contribution in [-0.4, -0.2) is 41.5 Å². The Morgan fingerprint density at radius 3 is 2.69 bits per heavy atom. The number of hydrogen-bond acceptors (Lipinski definition) is 4. The lowest BCUT2D eigenvalue weighted by Crippen LogP contribution is -2.51. The standard InChI is InChI=1S/C11H20N2O3/c1-11(2,3)16-10(15)13-5-4-9(14)6-8(13)7-12/h8H,4-7,12H2,1-3H3. The smallest absolute Gasteiger partial charge is 0.410 e. The van der Waals surface area contributed by atoms with Crippen molar-refractivity contribution in [3.63, 3.8) is 0 Å². The summed E-state index contributed by atoms with van der Waals surface area (Å²) in [6.07, 6.45) is 0.362. The number of piperidine rings is 1. The lowest BCUT2D eigenvalue weighted by molar-refractivity contribution is -0.122. The molecule has 1 saturated heterocycles. The molecule has 1 amide bonds. The van der Waals surface area contributed by atoms with Crippen molar-refractivity contribution in [3.05, 3.63) is 0 Å². The molecule has 16 heavy (non-hydrogen) atoms. The third-order valence-corrected chi connectivity index (χ3v) is 2.44. The number of carbonyl (C=O) groups is 2. The molecule has 0 spiro atoms. The second-order valence-electron chi connectivity index (χ2n) is 5.06. The molecule has 0 radical (unpaired) electrons. The first-order valence-electron chi connectivity index (χ1n) is 5.55. The number of ketones is 1. The summed E-state index contributed by atoms with van der Waals surface area (Å²) in [5.74, 6) is 0.162. The van der Waals surface area contributed by atoms with Gasteiger partial charge in [-0.25, -0.2) is 4.79 Å². The lowest BCUT2D eigenvalue weighted by Gasteiger charge is -2.35. The number of Topliss-reactive ketones (excluding diaryl/α,β-unsaturated/α-hetero) is 1. The van der Waals surface area contributed by atoms with Gasteiger partial charge in [-0.2, -0.15) is 0 Å². The van der Waals surface area contributed by atoms with E-state index < -0.39 is 5.60 Å². The molecule has 0 bridgehead atoms. The van der Waals surface area contributed by atoms with Gasteiger partial charge in [0.1, 0.15) is 11.4 Å². The largest absolute Gasteiger partial charge is 0.444 e. The highest BCUT2D eigenvalue weighted by atomic mass is 16.6. The van der Waals surface area contributed by atoms with E-state index in [1.165, 1.54) is 0 Å². The SMILES string of the molecule is CC(C)(C)OC(=O)N1CCC(=O)CC1CN. The second kappa shape index (κ2) is 4.82. The van der Waals surface area contributed by atoms with E-state index in [0.717, 1.165) is 0 Å². The van der Waals surface area contributed by atoms with E-state index >= 15 is 0 Å². The number of nitrogens with zero attached hydrogens (tertiary/aromatic N) is 1. The summed E-state index contributed by atoms with van der Waals surface area (Å²) in [5, 5.41) is 0. The monoisotopic (exact) mass is 228 g/mol. The quantitative estimate of drug-likeness (QED) is 0.724. The molecular formula is C11H20N2O3. The molecule has 1 atom stereocenters. The Bertz CT molecular complexity index is 283. The van der Waals surface area contributed by atoms with E-state index in [1.54, 1.807) is 4.90 Å². The number of likely N-dealkylation sites (tertiary alicyclic amines) is 1. The second-order valence-corrected chi connectivity index (χ2v) is 5.06. The Morgan fingerprint density at radius 2 is 2.19 bits per heavy atom. The summed E-state index contributed by atoms with van der Waals surface area (Å²) in [4.78, 5) is 24.6. The van der Waals surface area contributed by atoms with Crippen LogP contribution < -0.4 is 5.73 Å². The van der Waals surface area contributed by atoms with Gasteiger partial charge in [-0.15, -0.1) is 0 Å². The van der Waals surface area contributed by atoms with Crippen LogP contribution in [0.2, 0.25) is 0 Å². The maximum atomic E-state index is 11.8. The topological polar surface area (TPSA) is 72.6 Å². The molecule has 0 saturated carbocycles. The van der Waals surface area contributed by atoms with Crippen LogP contribution in [0.1, 0.15) is 33.6 Å². The highest BCUT2D eigenvalue weighted by Crippen LogP contribution is 2.17. The number of rotatable bonds is 1. The minimum atomic E-state index is -0.516. The van der Waals surface area contributed by atoms with Gasteiger partial charge < -0.3 is 15.4 Å². The zero-order valence-electron chi connectivity index (χ0n) is 10.2. The molecule has 5 heteroatoms. The van der Waals surface area contributed by atoms with Crippen molar-refractivity contribution in [3.8, 4) is 0 Å². The van der Waals surface area contributed by atoms with Crippen LogP contribution in [0.15, 0.2) is 0 Å². The van der Waals surface area contributed by atoms with Crippen molar-refractivity contribution in [2.24, 2.45) is 5.73 Å². The summed E-state index contributed by atoms with van der Waals surface area (Å²) < 4.78 is 5.26. The van der Waals surface area contributed by atoms with Gasteiger partial charge in [0.15, 0.2) is 0 Å². The molecule has 1 fully saturated rings. The normalized spacial score (nSPS) is 22.1. The van der Waals surface area contributed by atoms with Crippen molar-refractivity contribution in [2.45, 2.75) is 45.3 Å². The van der Waals surface area contributed by atoms with Gasteiger partial charge in [-0.3, -0.25) is 4.79 Å². The van der Waals surface area contributed by atoms with E-state index in [9.17, 15) is 9.59 Å². The molecule has 1 rings (SSSR count). The van der Waals surface area contributed by atoms with E-state index in [4.69, 9.17) is 10.5 Å². The Kier molecular flexibility index (Phi) is 3.91. The number of carbonyl (C=O) groups excluding carboxylic acids is 2. The van der Waals surface area contributed by atoms with Crippen LogP contribution in [0.4, 0.5) is 4.79 Å². The molecule has 92 valence electrons. The Balaban J connectivity index is 2.64. The van der Waals surface area contributed by atoms with Crippen LogP contribution >= 0.6 is 0 Å². The fourth-order valence-electron chi connectivity index (χ4n) is 1.67. The van der Waals surface area contributed by atoms with Crippen molar-refractivity contribution in [1.29, 1.82) is 0 Å². The van der Waals surface area contributed by atoms with Gasteiger partial charge in [0.25, 0.3) is 0 Å². The molecule has 1 heterocycles. The summed E-state index contributed by atoms with van der Waals surface area (Å²) in [6, 6.07) is -0.212. The van der Waals surface area contributed by atoms with E-state index in [0.29, 0.717) is 25.9 Å². The molecule has 0 aromatic heterocycles. The van der Waals surface area contributed by atoms with E-state index in [2.05, 4.69) is 0 Å². The Labute approximate surface area is 95.9 Å². The highest BCUT2D eigenvalue weighted by Gasteiger charge is 2.32. The fourth-order valence-corrected chi connectivity index (χ4v) is 1.67. The maximum Gasteiger partial charge on any atom is 0.410 e. The number of nitrogens with two attached hydrogens (primary N) is 1. The molecule has 1 aliphatic heterocycles. The third kappa shape index (κ3) is 3.48. The number of ether oxygens (including phenoxy) is 1. The summed E-state index contributed by atoms with van der Waals surface area (Å²) >= 11 is 0. The van der Waals surface area contributed by atoms with Gasteiger partial charge in [0, 0.05) is 25.9 Å². The minimum absolute atomic E-state index is 0.162. The zero-order chi connectivity index (χ0) is 12.3.